The highest BCUT2D eigenvalue weighted by Gasteiger charge is 2.28. The number of rotatable bonds is 9. The number of pyridine rings is 1. The maximum Gasteiger partial charge on any atom is 0.303 e. The third-order valence-electron chi connectivity index (χ3n) is 7.51. The molecule has 1 aliphatic heterocycles. The van der Waals surface area contributed by atoms with Gasteiger partial charge in [0, 0.05) is 37.2 Å². The minimum Gasteiger partial charge on any atom is -0.481 e. The number of benzene rings is 1. The van der Waals surface area contributed by atoms with Gasteiger partial charge in [0.2, 0.25) is 0 Å². The smallest absolute Gasteiger partial charge is 0.303 e. The molecule has 0 spiro atoms. The molecule has 40 heavy (non-hydrogen) atoms. The van der Waals surface area contributed by atoms with Crippen molar-refractivity contribution in [2.24, 2.45) is 11.1 Å². The molecular weight excluding hydrogens is 506 g/mol. The number of fused-ring (bicyclic) bond motifs is 1. The van der Waals surface area contributed by atoms with Gasteiger partial charge in [0.1, 0.15) is 5.71 Å². The number of hydrogen-bond acceptors (Lipinski definition) is 7. The molecule has 0 unspecified atom stereocenters. The van der Waals surface area contributed by atoms with Crippen molar-refractivity contribution in [1.82, 2.24) is 19.9 Å². The largest absolute Gasteiger partial charge is 0.481 e. The number of carbonyl (C=O) groups excluding carboxylic acids is 1. The molecule has 1 aromatic carbocycles. The summed E-state index contributed by atoms with van der Waals surface area (Å²) in [6, 6.07) is 11.0. The van der Waals surface area contributed by atoms with Crippen molar-refractivity contribution in [3.63, 3.8) is 0 Å². The van der Waals surface area contributed by atoms with Crippen LogP contribution in [0.15, 0.2) is 66.0 Å². The Morgan fingerprint density at radius 3 is 2.58 bits per heavy atom. The first-order valence-corrected chi connectivity index (χ1v) is 13.9. The van der Waals surface area contributed by atoms with Crippen molar-refractivity contribution >= 4 is 34.2 Å². The van der Waals surface area contributed by atoms with Crippen LogP contribution in [0.1, 0.15) is 72.4 Å². The Morgan fingerprint density at radius 2 is 1.88 bits per heavy atom. The summed E-state index contributed by atoms with van der Waals surface area (Å²) in [5, 5.41) is 22.2. The first kappa shape index (κ1) is 27.2. The molecule has 2 aliphatic rings. The van der Waals surface area contributed by atoms with Crippen molar-refractivity contribution in [3.05, 3.63) is 83.5 Å². The van der Waals surface area contributed by atoms with E-state index in [1.54, 1.807) is 18.3 Å². The molecule has 1 aliphatic carbocycles. The minimum absolute atomic E-state index is 0.0247. The second-order valence-corrected chi connectivity index (χ2v) is 10.2. The molecule has 0 atom stereocenters. The number of carboxylic acid groups (broad SMARTS) is 1. The molecule has 2 N–H and O–H groups in total. The molecule has 1 fully saturated rings. The summed E-state index contributed by atoms with van der Waals surface area (Å²) in [6.45, 7) is 1.10. The van der Waals surface area contributed by atoms with E-state index < -0.39 is 5.97 Å². The standard InChI is InChI=1S/C31H33N5O4/c37-28(38)12-5-4-11-26-29(21-8-2-1-3-9-21)34-24-14-13-23(20-27(24)33-26)31(39)36-18-15-22(16-19-36)30(35-40)25-10-6-7-17-32-25/h2,6-10,13-14,17,20,22,40H,1,3-5,11-12,15-16,18-19H2,(H,37,38)/b35-30+. The average molecular weight is 540 g/mol. The Morgan fingerprint density at radius 1 is 1.02 bits per heavy atom. The quantitative estimate of drug-likeness (QED) is 0.164. The fraction of sp³-hybridized carbons (Fsp3) is 0.355. The molecule has 0 radical (unpaired) electrons. The highest BCUT2D eigenvalue weighted by atomic mass is 16.4. The number of amides is 1. The Balaban J connectivity index is 1.33. The average Bonchev–Trinajstić information content (AvgIpc) is 3.00. The Bertz CT molecular complexity index is 1470. The van der Waals surface area contributed by atoms with Crippen LogP contribution in [0.2, 0.25) is 0 Å². The van der Waals surface area contributed by atoms with Crippen molar-refractivity contribution in [2.75, 3.05) is 13.1 Å². The number of oxime groups is 1. The van der Waals surface area contributed by atoms with Gasteiger partial charge in [-0.15, -0.1) is 0 Å². The topological polar surface area (TPSA) is 129 Å². The lowest BCUT2D eigenvalue weighted by atomic mass is 9.89. The molecule has 9 nitrogen and oxygen atoms in total. The van der Waals surface area contributed by atoms with E-state index in [0.717, 1.165) is 35.3 Å². The number of aryl methyl sites for hydroxylation is 1. The third kappa shape index (κ3) is 6.25. The molecular formula is C31H33N5O4. The highest BCUT2D eigenvalue weighted by Crippen LogP contribution is 2.27. The zero-order valence-corrected chi connectivity index (χ0v) is 22.4. The van der Waals surface area contributed by atoms with E-state index in [1.165, 1.54) is 0 Å². The van der Waals surface area contributed by atoms with Crippen LogP contribution in [0.4, 0.5) is 0 Å². The van der Waals surface area contributed by atoms with Gasteiger partial charge < -0.3 is 15.2 Å². The summed E-state index contributed by atoms with van der Waals surface area (Å²) in [7, 11) is 0. The Kier molecular flexibility index (Phi) is 8.59. The molecule has 2 aromatic heterocycles. The number of aliphatic carboxylic acids is 1. The van der Waals surface area contributed by atoms with Crippen molar-refractivity contribution in [1.29, 1.82) is 0 Å². The van der Waals surface area contributed by atoms with Crippen LogP contribution < -0.4 is 0 Å². The van der Waals surface area contributed by atoms with Crippen LogP contribution in [0.5, 0.6) is 0 Å². The first-order chi connectivity index (χ1) is 19.5. The fourth-order valence-electron chi connectivity index (χ4n) is 5.38. The zero-order valence-electron chi connectivity index (χ0n) is 22.4. The van der Waals surface area contributed by atoms with Crippen LogP contribution in [0.3, 0.4) is 0 Å². The van der Waals surface area contributed by atoms with E-state index in [0.29, 0.717) is 67.7 Å². The first-order valence-electron chi connectivity index (χ1n) is 13.9. The second kappa shape index (κ2) is 12.6. The molecule has 3 aromatic rings. The summed E-state index contributed by atoms with van der Waals surface area (Å²) >= 11 is 0. The number of piperidine rings is 1. The second-order valence-electron chi connectivity index (χ2n) is 10.2. The van der Waals surface area contributed by atoms with E-state index in [9.17, 15) is 14.8 Å². The van der Waals surface area contributed by atoms with Gasteiger partial charge in [-0.05, 0) is 80.9 Å². The predicted octanol–water partition coefficient (Wildman–Crippen LogP) is 5.29. The van der Waals surface area contributed by atoms with Crippen LogP contribution in [-0.2, 0) is 11.2 Å². The molecule has 206 valence electrons. The van der Waals surface area contributed by atoms with Gasteiger partial charge in [-0.1, -0.05) is 29.5 Å². The summed E-state index contributed by atoms with van der Waals surface area (Å²) in [5.41, 5.74) is 5.83. The number of nitrogens with zero attached hydrogens (tertiary/aromatic N) is 5. The summed E-state index contributed by atoms with van der Waals surface area (Å²) in [5.74, 6) is -0.837. The molecule has 0 bridgehead atoms. The van der Waals surface area contributed by atoms with Crippen LogP contribution >= 0.6 is 0 Å². The van der Waals surface area contributed by atoms with E-state index >= 15 is 0 Å². The van der Waals surface area contributed by atoms with Gasteiger partial charge >= 0.3 is 5.97 Å². The Labute approximate surface area is 233 Å². The molecule has 3 heterocycles. The third-order valence-corrected chi connectivity index (χ3v) is 7.51. The van der Waals surface area contributed by atoms with Gasteiger partial charge in [-0.25, -0.2) is 9.97 Å². The zero-order chi connectivity index (χ0) is 27.9. The van der Waals surface area contributed by atoms with Gasteiger partial charge in [-0.2, -0.15) is 0 Å². The fourth-order valence-corrected chi connectivity index (χ4v) is 5.38. The summed E-state index contributed by atoms with van der Waals surface area (Å²) in [6.07, 6.45) is 13.4. The molecule has 1 saturated heterocycles. The van der Waals surface area contributed by atoms with Gasteiger partial charge in [-0.3, -0.25) is 14.6 Å². The van der Waals surface area contributed by atoms with E-state index in [-0.39, 0.29) is 18.2 Å². The Hall–Kier alpha value is -4.40. The number of unbranched alkanes of at least 4 members (excludes halogenated alkanes) is 1. The van der Waals surface area contributed by atoms with Crippen LogP contribution in [0, 0.1) is 5.92 Å². The lowest BCUT2D eigenvalue weighted by molar-refractivity contribution is -0.137. The van der Waals surface area contributed by atoms with Gasteiger partial charge in [0.05, 0.1) is 28.1 Å². The lowest BCUT2D eigenvalue weighted by Gasteiger charge is -2.32. The minimum atomic E-state index is -0.800. The van der Waals surface area contributed by atoms with Crippen molar-refractivity contribution < 1.29 is 19.9 Å². The van der Waals surface area contributed by atoms with E-state index in [1.807, 2.05) is 29.2 Å². The predicted molar refractivity (Wildman–Crippen MR) is 152 cm³/mol. The number of likely N-dealkylation sites (tertiary alicyclic amines) is 1. The molecule has 9 heteroatoms. The molecule has 5 rings (SSSR count). The van der Waals surface area contributed by atoms with E-state index in [4.69, 9.17) is 15.1 Å². The number of carboxylic acids is 1. The van der Waals surface area contributed by atoms with E-state index in [2.05, 4.69) is 28.4 Å². The monoisotopic (exact) mass is 539 g/mol. The maximum absolute atomic E-state index is 13.4. The number of aromatic nitrogens is 3. The summed E-state index contributed by atoms with van der Waals surface area (Å²) < 4.78 is 0. The van der Waals surface area contributed by atoms with Gasteiger partial charge in [0.25, 0.3) is 5.91 Å². The normalized spacial score (nSPS) is 16.2. The van der Waals surface area contributed by atoms with Crippen molar-refractivity contribution in [3.8, 4) is 0 Å². The van der Waals surface area contributed by atoms with Crippen LogP contribution in [-0.4, -0.2) is 60.8 Å². The van der Waals surface area contributed by atoms with Crippen LogP contribution in [0.25, 0.3) is 16.6 Å². The van der Waals surface area contributed by atoms with Gasteiger partial charge in [0.15, 0.2) is 0 Å². The highest BCUT2D eigenvalue weighted by molar-refractivity contribution is 6.01. The number of hydrogen-bond donors (Lipinski definition) is 2. The lowest BCUT2D eigenvalue weighted by Crippen LogP contribution is -2.40. The molecule has 1 amide bonds. The maximum atomic E-state index is 13.4. The molecule has 0 saturated carbocycles. The summed E-state index contributed by atoms with van der Waals surface area (Å²) in [4.78, 5) is 40.4. The number of carbonyl (C=O) groups is 2. The van der Waals surface area contributed by atoms with Crippen molar-refractivity contribution in [2.45, 2.75) is 51.4 Å². The number of allylic oxidation sites excluding steroid dienone is 4. The SMILES string of the molecule is O=C(O)CCCCc1nc2cc(C(=O)N3CCC(/C(=N\O)c4ccccn4)CC3)ccc2nc1C1=CCCC=C1.